The minimum Gasteiger partial charge on any atom is -0.354 e. The van der Waals surface area contributed by atoms with Gasteiger partial charge in [-0.05, 0) is 20.3 Å². The Morgan fingerprint density at radius 1 is 1.70 bits per heavy atom. The van der Waals surface area contributed by atoms with Crippen molar-refractivity contribution in [2.24, 2.45) is 0 Å². The number of hydrogen-bond acceptors (Lipinski definition) is 1. The monoisotopic (exact) mass is 141 g/mol. The van der Waals surface area contributed by atoms with E-state index in [2.05, 4.69) is 11.9 Å². The summed E-state index contributed by atoms with van der Waals surface area (Å²) >= 11 is 0. The molecule has 0 saturated carbocycles. The lowest BCUT2D eigenvalue weighted by molar-refractivity contribution is -0.121. The van der Waals surface area contributed by atoms with E-state index in [1.165, 1.54) is 0 Å². The van der Waals surface area contributed by atoms with E-state index in [0.29, 0.717) is 6.42 Å². The Morgan fingerprint density at radius 2 is 2.30 bits per heavy atom. The largest absolute Gasteiger partial charge is 0.354 e. The van der Waals surface area contributed by atoms with Crippen LogP contribution in [0.3, 0.4) is 0 Å². The van der Waals surface area contributed by atoms with Gasteiger partial charge in [-0.2, -0.15) is 0 Å². The molecule has 0 aromatic rings. The molecule has 0 aromatic carbocycles. The predicted molar refractivity (Wildman–Crippen MR) is 42.7 cm³/mol. The zero-order chi connectivity index (χ0) is 7.98. The van der Waals surface area contributed by atoms with Gasteiger partial charge in [0.15, 0.2) is 0 Å². The summed E-state index contributed by atoms with van der Waals surface area (Å²) in [5, 5.41) is 2.79. The fourth-order valence-electron chi connectivity index (χ4n) is 0.627. The van der Waals surface area contributed by atoms with Crippen LogP contribution in [-0.4, -0.2) is 11.9 Å². The zero-order valence-electron chi connectivity index (χ0n) is 6.68. The lowest BCUT2D eigenvalue weighted by Crippen LogP contribution is -2.29. The molecule has 0 spiro atoms. The summed E-state index contributed by atoms with van der Waals surface area (Å²) in [6.07, 6.45) is 3.07. The number of carbonyl (C=O) groups is 1. The van der Waals surface area contributed by atoms with Gasteiger partial charge in [-0.1, -0.05) is 6.08 Å². The summed E-state index contributed by atoms with van der Waals surface area (Å²) in [6, 6.07) is 0.248. The molecule has 0 bridgehead atoms. The van der Waals surface area contributed by atoms with Crippen LogP contribution < -0.4 is 5.32 Å². The van der Waals surface area contributed by atoms with Crippen molar-refractivity contribution in [1.82, 2.24) is 5.32 Å². The summed E-state index contributed by atoms with van der Waals surface area (Å²) in [6.45, 7) is 7.43. The van der Waals surface area contributed by atoms with E-state index in [0.717, 1.165) is 6.42 Å². The van der Waals surface area contributed by atoms with Crippen molar-refractivity contribution in [2.45, 2.75) is 32.7 Å². The molecule has 0 radical (unpaired) electrons. The normalized spacial score (nSPS) is 9.50. The molecule has 0 heterocycles. The third-order valence-corrected chi connectivity index (χ3v) is 1.03. The number of amides is 1. The van der Waals surface area contributed by atoms with Gasteiger partial charge in [0, 0.05) is 12.5 Å². The van der Waals surface area contributed by atoms with E-state index in [1.807, 2.05) is 13.8 Å². The minimum absolute atomic E-state index is 0.106. The Morgan fingerprint density at radius 3 is 2.70 bits per heavy atom. The molecule has 0 atom stereocenters. The van der Waals surface area contributed by atoms with Gasteiger partial charge in [0.05, 0.1) is 0 Å². The van der Waals surface area contributed by atoms with Gasteiger partial charge in [-0.3, -0.25) is 4.79 Å². The molecule has 2 nitrogen and oxygen atoms in total. The van der Waals surface area contributed by atoms with Crippen molar-refractivity contribution >= 4 is 5.91 Å². The zero-order valence-corrected chi connectivity index (χ0v) is 6.68. The van der Waals surface area contributed by atoms with Crippen molar-refractivity contribution in [3.05, 3.63) is 12.7 Å². The van der Waals surface area contributed by atoms with Crippen molar-refractivity contribution < 1.29 is 4.79 Å². The van der Waals surface area contributed by atoms with E-state index in [-0.39, 0.29) is 11.9 Å². The first-order valence-electron chi connectivity index (χ1n) is 3.57. The molecular weight excluding hydrogens is 126 g/mol. The summed E-state index contributed by atoms with van der Waals surface area (Å²) in [5.74, 6) is 0.106. The lowest BCUT2D eigenvalue weighted by Gasteiger charge is -2.06. The predicted octanol–water partition coefficient (Wildman–Crippen LogP) is 1.48. The molecule has 0 unspecified atom stereocenters. The van der Waals surface area contributed by atoms with Gasteiger partial charge in [0.1, 0.15) is 0 Å². The Bertz CT molecular complexity index is 118. The maximum Gasteiger partial charge on any atom is 0.220 e. The third-order valence-electron chi connectivity index (χ3n) is 1.03. The molecule has 0 rings (SSSR count). The van der Waals surface area contributed by atoms with Gasteiger partial charge in [-0.25, -0.2) is 0 Å². The van der Waals surface area contributed by atoms with Crippen molar-refractivity contribution in [3.8, 4) is 0 Å². The molecule has 1 amide bonds. The second-order valence-corrected chi connectivity index (χ2v) is 2.55. The molecular formula is C8H15NO. The molecule has 1 N–H and O–H groups in total. The highest BCUT2D eigenvalue weighted by Gasteiger charge is 1.99. The van der Waals surface area contributed by atoms with Crippen LogP contribution in [0.4, 0.5) is 0 Å². The van der Waals surface area contributed by atoms with Crippen LogP contribution in [0.1, 0.15) is 26.7 Å². The topological polar surface area (TPSA) is 29.1 Å². The number of allylic oxidation sites excluding steroid dienone is 1. The van der Waals surface area contributed by atoms with Crippen LogP contribution >= 0.6 is 0 Å². The second kappa shape index (κ2) is 5.03. The van der Waals surface area contributed by atoms with E-state index in [1.54, 1.807) is 6.08 Å². The average molecular weight is 141 g/mol. The smallest absolute Gasteiger partial charge is 0.220 e. The molecule has 10 heavy (non-hydrogen) atoms. The molecule has 0 aliphatic rings. The van der Waals surface area contributed by atoms with Gasteiger partial charge in [0.25, 0.3) is 0 Å². The van der Waals surface area contributed by atoms with Crippen LogP contribution in [0.2, 0.25) is 0 Å². The van der Waals surface area contributed by atoms with Crippen LogP contribution in [0.5, 0.6) is 0 Å². The minimum atomic E-state index is 0.106. The maximum absolute atomic E-state index is 10.9. The number of rotatable bonds is 4. The summed E-state index contributed by atoms with van der Waals surface area (Å²) < 4.78 is 0. The van der Waals surface area contributed by atoms with Crippen molar-refractivity contribution in [1.29, 1.82) is 0 Å². The molecule has 0 aliphatic carbocycles. The first kappa shape index (κ1) is 9.21. The average Bonchev–Trinajstić information content (AvgIpc) is 1.82. The number of hydrogen-bond donors (Lipinski definition) is 1. The van der Waals surface area contributed by atoms with E-state index in [4.69, 9.17) is 0 Å². The molecule has 58 valence electrons. The summed E-state index contributed by atoms with van der Waals surface area (Å²) in [4.78, 5) is 10.9. The van der Waals surface area contributed by atoms with Crippen LogP contribution in [-0.2, 0) is 4.79 Å². The maximum atomic E-state index is 10.9. The molecule has 2 heteroatoms. The van der Waals surface area contributed by atoms with E-state index >= 15 is 0 Å². The highest BCUT2D eigenvalue weighted by atomic mass is 16.1. The Hall–Kier alpha value is -0.790. The Kier molecular flexibility index (Phi) is 4.63. The molecule has 0 aromatic heterocycles. The van der Waals surface area contributed by atoms with Crippen LogP contribution in [0.15, 0.2) is 12.7 Å². The van der Waals surface area contributed by atoms with Crippen LogP contribution in [0.25, 0.3) is 0 Å². The van der Waals surface area contributed by atoms with Gasteiger partial charge in [-0.15, -0.1) is 6.58 Å². The highest BCUT2D eigenvalue weighted by molar-refractivity contribution is 5.76. The standard InChI is InChI=1S/C8H15NO/c1-4-5-6-8(10)9-7(2)3/h4,7H,1,5-6H2,2-3H3,(H,9,10). The van der Waals surface area contributed by atoms with Gasteiger partial charge in [0.2, 0.25) is 5.91 Å². The molecule has 0 saturated heterocycles. The molecule has 0 aliphatic heterocycles. The fraction of sp³-hybridized carbons (Fsp3) is 0.625. The van der Waals surface area contributed by atoms with E-state index < -0.39 is 0 Å². The number of nitrogens with one attached hydrogen (secondary N) is 1. The van der Waals surface area contributed by atoms with E-state index in [9.17, 15) is 4.79 Å². The van der Waals surface area contributed by atoms with Crippen LogP contribution in [0, 0.1) is 0 Å². The molecule has 0 fully saturated rings. The first-order chi connectivity index (χ1) is 4.66. The Labute approximate surface area is 62.3 Å². The van der Waals surface area contributed by atoms with Gasteiger partial charge < -0.3 is 5.32 Å². The van der Waals surface area contributed by atoms with Crippen molar-refractivity contribution in [2.75, 3.05) is 0 Å². The fourth-order valence-corrected chi connectivity index (χ4v) is 0.627. The van der Waals surface area contributed by atoms with Gasteiger partial charge >= 0.3 is 0 Å². The SMILES string of the molecule is C=CCCC(=O)NC(C)C. The lowest BCUT2D eigenvalue weighted by atomic mass is 10.3. The summed E-state index contributed by atoms with van der Waals surface area (Å²) in [5.41, 5.74) is 0. The Balaban J connectivity index is 3.34. The third kappa shape index (κ3) is 5.35. The summed E-state index contributed by atoms with van der Waals surface area (Å²) in [7, 11) is 0. The van der Waals surface area contributed by atoms with Crippen molar-refractivity contribution in [3.63, 3.8) is 0 Å². The highest BCUT2D eigenvalue weighted by Crippen LogP contribution is 1.89. The number of carbonyl (C=O) groups excluding carboxylic acids is 1. The quantitative estimate of drug-likeness (QED) is 0.590. The first-order valence-corrected chi connectivity index (χ1v) is 3.57. The second-order valence-electron chi connectivity index (χ2n) is 2.55.